The van der Waals surface area contributed by atoms with Crippen molar-refractivity contribution in [2.24, 2.45) is 7.05 Å². The van der Waals surface area contributed by atoms with E-state index < -0.39 is 12.2 Å². The van der Waals surface area contributed by atoms with Gasteiger partial charge in [-0.3, -0.25) is 14.8 Å². The van der Waals surface area contributed by atoms with Crippen LogP contribution in [0, 0.1) is 0 Å². The molecule has 3 atom stereocenters. The van der Waals surface area contributed by atoms with Gasteiger partial charge in [-0.05, 0) is 63.2 Å². The lowest BCUT2D eigenvalue weighted by Crippen LogP contribution is -2.31. The maximum atomic E-state index is 12.3. The first-order valence-corrected chi connectivity index (χ1v) is 16.1. The van der Waals surface area contributed by atoms with Crippen molar-refractivity contribution in [1.29, 1.82) is 0 Å². The standard InChI is InChI=1S/C33H38N6O6S/c1-39-33(35-37-38-39)46-21-28-18-29(24-14-12-22(20-40)13-15-24)45-32(44-28)27-9-5-8-26(17-27)25-7-4-6-23(16-25)19-34-30(41)10-2-3-11-31(42)36-43/h4-9,12-17,28-29,32,40,43H,2-3,10-11,18-21H2,1H3,(H,34,41)(H,36,42)/t28-,29+,32+/m1/s1. The predicted octanol–water partition coefficient (Wildman–Crippen LogP) is 4.39. The highest BCUT2D eigenvalue weighted by Gasteiger charge is 2.32. The Hall–Kier alpha value is -4.14. The van der Waals surface area contributed by atoms with E-state index in [1.807, 2.05) is 66.7 Å². The van der Waals surface area contributed by atoms with Crippen LogP contribution in [0.25, 0.3) is 11.1 Å². The first kappa shape index (κ1) is 33.2. The number of nitrogens with zero attached hydrogens (tertiary/aromatic N) is 4. The van der Waals surface area contributed by atoms with E-state index in [0.29, 0.717) is 43.1 Å². The number of aromatic nitrogens is 4. The van der Waals surface area contributed by atoms with Crippen LogP contribution < -0.4 is 10.8 Å². The maximum Gasteiger partial charge on any atom is 0.243 e. The van der Waals surface area contributed by atoms with Crippen molar-refractivity contribution >= 4 is 23.6 Å². The molecule has 4 aromatic rings. The molecule has 4 N–H and O–H groups in total. The molecule has 12 nitrogen and oxygen atoms in total. The number of unbranched alkanes of at least 4 members (excludes halogenated alkanes) is 1. The van der Waals surface area contributed by atoms with Gasteiger partial charge < -0.3 is 19.9 Å². The van der Waals surface area contributed by atoms with Gasteiger partial charge in [0.2, 0.25) is 17.0 Å². The lowest BCUT2D eigenvalue weighted by Gasteiger charge is -2.36. The van der Waals surface area contributed by atoms with E-state index in [4.69, 9.17) is 14.7 Å². The van der Waals surface area contributed by atoms with Gasteiger partial charge in [-0.15, -0.1) is 5.10 Å². The number of benzene rings is 3. The molecule has 0 bridgehead atoms. The molecule has 0 unspecified atom stereocenters. The number of hydrogen-bond acceptors (Lipinski definition) is 10. The summed E-state index contributed by atoms with van der Waals surface area (Å²) in [6.45, 7) is 0.367. The number of rotatable bonds is 14. The van der Waals surface area contributed by atoms with Gasteiger partial charge >= 0.3 is 0 Å². The minimum absolute atomic E-state index is 0.0176. The number of aliphatic hydroxyl groups is 1. The number of aliphatic hydroxyl groups excluding tert-OH is 1. The number of carbonyl (C=O) groups excluding carboxylic acids is 2. The van der Waals surface area contributed by atoms with E-state index in [1.54, 1.807) is 17.2 Å². The van der Waals surface area contributed by atoms with Crippen LogP contribution in [0.1, 0.15) is 66.8 Å². The van der Waals surface area contributed by atoms with E-state index in [-0.39, 0.29) is 31.1 Å². The zero-order valence-corrected chi connectivity index (χ0v) is 26.4. The first-order chi connectivity index (χ1) is 22.4. The lowest BCUT2D eigenvalue weighted by atomic mass is 9.99. The van der Waals surface area contributed by atoms with Crippen molar-refractivity contribution in [3.63, 3.8) is 0 Å². The molecule has 0 radical (unpaired) electrons. The molecule has 3 aromatic carbocycles. The Labute approximate surface area is 271 Å². The topological polar surface area (TPSA) is 161 Å². The van der Waals surface area contributed by atoms with E-state index >= 15 is 0 Å². The van der Waals surface area contributed by atoms with Crippen LogP contribution >= 0.6 is 11.8 Å². The van der Waals surface area contributed by atoms with E-state index in [0.717, 1.165) is 33.4 Å². The number of thioether (sulfide) groups is 1. The van der Waals surface area contributed by atoms with Gasteiger partial charge in [-0.1, -0.05) is 72.4 Å². The number of amides is 2. The summed E-state index contributed by atoms with van der Waals surface area (Å²) < 4.78 is 14.7. The molecule has 1 fully saturated rings. The molecule has 242 valence electrons. The number of aryl methyl sites for hydroxylation is 1. The molecule has 2 amide bonds. The van der Waals surface area contributed by atoms with Crippen LogP contribution in [-0.4, -0.2) is 54.2 Å². The molecule has 1 aliphatic heterocycles. The predicted molar refractivity (Wildman–Crippen MR) is 170 cm³/mol. The third kappa shape index (κ3) is 9.21. The highest BCUT2D eigenvalue weighted by atomic mass is 32.2. The smallest absolute Gasteiger partial charge is 0.243 e. The number of ether oxygens (including phenoxy) is 2. The Morgan fingerprint density at radius 2 is 1.67 bits per heavy atom. The average Bonchev–Trinajstić information content (AvgIpc) is 3.52. The van der Waals surface area contributed by atoms with Gasteiger partial charge in [0.1, 0.15) is 0 Å². The van der Waals surface area contributed by atoms with E-state index in [2.05, 4.69) is 26.9 Å². The van der Waals surface area contributed by atoms with Crippen LogP contribution in [-0.2, 0) is 39.3 Å². The number of carbonyl (C=O) groups is 2. The van der Waals surface area contributed by atoms with Crippen molar-refractivity contribution in [3.8, 4) is 11.1 Å². The lowest BCUT2D eigenvalue weighted by molar-refractivity contribution is -0.245. The summed E-state index contributed by atoms with van der Waals surface area (Å²) in [6.07, 6.45) is 1.27. The Morgan fingerprint density at radius 1 is 0.935 bits per heavy atom. The summed E-state index contributed by atoms with van der Waals surface area (Å²) in [7, 11) is 1.81. The minimum Gasteiger partial charge on any atom is -0.392 e. The second kappa shape index (κ2) is 16.4. The first-order valence-electron chi connectivity index (χ1n) is 15.2. The Kier molecular flexibility index (Phi) is 11.9. The van der Waals surface area contributed by atoms with Crippen LogP contribution in [0.4, 0.5) is 0 Å². The van der Waals surface area contributed by atoms with Gasteiger partial charge in [-0.25, -0.2) is 10.2 Å². The van der Waals surface area contributed by atoms with E-state index in [1.165, 1.54) is 11.8 Å². The molecule has 1 aromatic heterocycles. The summed E-state index contributed by atoms with van der Waals surface area (Å²) in [5.41, 5.74) is 7.29. The molecule has 5 rings (SSSR count). The van der Waals surface area contributed by atoms with Crippen LogP contribution in [0.3, 0.4) is 0 Å². The Bertz CT molecular complexity index is 1600. The van der Waals surface area contributed by atoms with Gasteiger partial charge in [0, 0.05) is 44.2 Å². The fraction of sp³-hybridized carbons (Fsp3) is 0.364. The highest BCUT2D eigenvalue weighted by Crippen LogP contribution is 2.40. The average molecular weight is 647 g/mol. The highest BCUT2D eigenvalue weighted by molar-refractivity contribution is 7.99. The quantitative estimate of drug-likeness (QED) is 0.0670. The zero-order chi connectivity index (χ0) is 32.3. The van der Waals surface area contributed by atoms with Crippen LogP contribution in [0.15, 0.2) is 78.0 Å². The van der Waals surface area contributed by atoms with Crippen molar-refractivity contribution in [3.05, 3.63) is 95.1 Å². The van der Waals surface area contributed by atoms with Crippen LogP contribution in [0.2, 0.25) is 0 Å². The molecule has 0 saturated carbocycles. The fourth-order valence-corrected chi connectivity index (χ4v) is 6.04. The molecular formula is C33H38N6O6S. The third-order valence-electron chi connectivity index (χ3n) is 7.69. The number of nitrogens with one attached hydrogen (secondary N) is 2. The molecule has 46 heavy (non-hydrogen) atoms. The van der Waals surface area contributed by atoms with Crippen molar-refractivity contribution < 1.29 is 29.4 Å². The SMILES string of the molecule is Cn1nnnc1SC[C@H]1C[C@@H](c2ccc(CO)cc2)O[C@@H](c2cccc(-c3cccc(CNC(=O)CCCCC(=O)NO)c3)c2)O1. The number of tetrazole rings is 1. The van der Waals surface area contributed by atoms with Gasteiger partial charge in [0.05, 0.1) is 18.8 Å². The molecule has 2 heterocycles. The monoisotopic (exact) mass is 646 g/mol. The number of hydrogen-bond donors (Lipinski definition) is 4. The second-order valence-corrected chi connectivity index (χ2v) is 12.1. The van der Waals surface area contributed by atoms with Crippen molar-refractivity contribution in [1.82, 2.24) is 31.0 Å². The summed E-state index contributed by atoms with van der Waals surface area (Å²) >= 11 is 1.53. The van der Waals surface area contributed by atoms with Crippen molar-refractivity contribution in [2.75, 3.05) is 5.75 Å². The second-order valence-electron chi connectivity index (χ2n) is 11.1. The molecular weight excluding hydrogens is 608 g/mol. The fourth-order valence-electron chi connectivity index (χ4n) is 5.18. The number of hydroxylamine groups is 1. The largest absolute Gasteiger partial charge is 0.392 e. The van der Waals surface area contributed by atoms with Crippen molar-refractivity contribution in [2.45, 2.75) is 68.9 Å². The molecule has 0 spiro atoms. The van der Waals surface area contributed by atoms with E-state index in [9.17, 15) is 14.7 Å². The molecule has 1 aliphatic rings. The van der Waals surface area contributed by atoms with Gasteiger partial charge in [0.25, 0.3) is 0 Å². The molecule has 0 aliphatic carbocycles. The summed E-state index contributed by atoms with van der Waals surface area (Å²) in [6, 6.07) is 23.9. The summed E-state index contributed by atoms with van der Waals surface area (Å²) in [4.78, 5) is 23.4. The minimum atomic E-state index is -0.606. The molecule has 1 saturated heterocycles. The normalized spacial score (nSPS) is 17.8. The van der Waals surface area contributed by atoms with Crippen LogP contribution in [0.5, 0.6) is 0 Å². The zero-order valence-electron chi connectivity index (χ0n) is 25.5. The molecule has 13 heteroatoms. The Balaban J connectivity index is 1.26. The third-order valence-corrected chi connectivity index (χ3v) is 8.83. The van der Waals surface area contributed by atoms with Gasteiger partial charge in [0.15, 0.2) is 6.29 Å². The Morgan fingerprint density at radius 3 is 2.39 bits per heavy atom. The van der Waals surface area contributed by atoms with Gasteiger partial charge in [-0.2, -0.15) is 0 Å². The summed E-state index contributed by atoms with van der Waals surface area (Å²) in [5.74, 6) is 0.100. The summed E-state index contributed by atoms with van der Waals surface area (Å²) in [5, 5.41) is 33.5. The maximum absolute atomic E-state index is 12.3.